The van der Waals surface area contributed by atoms with Crippen LogP contribution in [0.3, 0.4) is 0 Å². The van der Waals surface area contributed by atoms with Crippen molar-refractivity contribution in [2.24, 2.45) is 10.9 Å². The third-order valence-corrected chi connectivity index (χ3v) is 9.96. The summed E-state index contributed by atoms with van der Waals surface area (Å²) in [5.74, 6) is -1.38. The van der Waals surface area contributed by atoms with E-state index in [2.05, 4.69) is 20.9 Å². The molecule has 1 saturated heterocycles. The topological polar surface area (TPSA) is 98.0 Å². The molecular formula is C20H20BrN3O5S3. The maximum absolute atomic E-state index is 13.1. The van der Waals surface area contributed by atoms with Crippen LogP contribution in [0.2, 0.25) is 0 Å². The van der Waals surface area contributed by atoms with E-state index >= 15 is 0 Å². The molecule has 1 aromatic carbocycles. The predicted octanol–water partition coefficient (Wildman–Crippen LogP) is 3.23. The zero-order valence-corrected chi connectivity index (χ0v) is 21.1. The van der Waals surface area contributed by atoms with Crippen molar-refractivity contribution in [2.45, 2.75) is 23.6 Å². The van der Waals surface area contributed by atoms with Crippen LogP contribution >= 0.6 is 38.6 Å². The van der Waals surface area contributed by atoms with E-state index in [4.69, 9.17) is 4.74 Å². The minimum atomic E-state index is -3.62. The lowest BCUT2D eigenvalue weighted by atomic mass is 9.99. The Balaban J connectivity index is 1.65. The number of halogens is 1. The van der Waals surface area contributed by atoms with E-state index in [0.717, 1.165) is 26.0 Å². The Bertz CT molecular complexity index is 1330. The van der Waals surface area contributed by atoms with Gasteiger partial charge in [0.2, 0.25) is 0 Å². The summed E-state index contributed by atoms with van der Waals surface area (Å²) < 4.78 is 35.6. The average Bonchev–Trinajstić information content (AvgIpc) is 3.43. The molecule has 170 valence electrons. The molecule has 2 aromatic heterocycles. The van der Waals surface area contributed by atoms with Gasteiger partial charge >= 0.3 is 5.97 Å². The number of sulfonamides is 1. The zero-order chi connectivity index (χ0) is 22.9. The first-order valence-corrected chi connectivity index (χ1v) is 13.7. The minimum absolute atomic E-state index is 0.0756. The molecular weight excluding hydrogens is 538 g/mol. The van der Waals surface area contributed by atoms with Gasteiger partial charge in [-0.2, -0.15) is 9.30 Å². The Hall–Kier alpha value is -1.86. The van der Waals surface area contributed by atoms with E-state index in [9.17, 15) is 18.0 Å². The molecule has 4 rings (SSSR count). The van der Waals surface area contributed by atoms with Crippen LogP contribution in [-0.2, 0) is 30.9 Å². The Labute approximate surface area is 201 Å². The summed E-state index contributed by atoms with van der Waals surface area (Å²) in [6, 6.07) is 8.86. The molecule has 0 radical (unpaired) electrons. The van der Waals surface area contributed by atoms with E-state index < -0.39 is 21.9 Å². The maximum atomic E-state index is 13.1. The number of ether oxygens (including phenoxy) is 1. The van der Waals surface area contributed by atoms with E-state index in [1.54, 1.807) is 22.1 Å². The molecule has 1 amide bonds. The number of thiophene rings is 1. The van der Waals surface area contributed by atoms with Gasteiger partial charge in [0.15, 0.2) is 4.80 Å². The first kappa shape index (κ1) is 23.3. The monoisotopic (exact) mass is 557 g/mol. The number of fused-ring (bicyclic) bond motifs is 1. The lowest BCUT2D eigenvalue weighted by Crippen LogP contribution is -2.42. The van der Waals surface area contributed by atoms with Crippen molar-refractivity contribution >= 4 is 70.7 Å². The van der Waals surface area contributed by atoms with Crippen molar-refractivity contribution < 1.29 is 22.7 Å². The number of amides is 1. The summed E-state index contributed by atoms with van der Waals surface area (Å²) in [4.78, 5) is 29.7. The molecule has 0 aliphatic carbocycles. The molecule has 1 fully saturated rings. The Morgan fingerprint density at radius 1 is 1.31 bits per heavy atom. The van der Waals surface area contributed by atoms with Crippen LogP contribution in [0.25, 0.3) is 10.2 Å². The molecule has 3 aromatic rings. The van der Waals surface area contributed by atoms with Crippen molar-refractivity contribution in [1.29, 1.82) is 0 Å². The molecule has 12 heteroatoms. The van der Waals surface area contributed by atoms with Crippen molar-refractivity contribution in [3.63, 3.8) is 0 Å². The predicted molar refractivity (Wildman–Crippen MR) is 126 cm³/mol. The fraction of sp³-hybridized carbons (Fsp3) is 0.350. The molecule has 1 aliphatic rings. The first-order chi connectivity index (χ1) is 15.3. The summed E-state index contributed by atoms with van der Waals surface area (Å²) in [6.07, 6.45) is 1.14. The lowest BCUT2D eigenvalue weighted by molar-refractivity contribution is -0.141. The van der Waals surface area contributed by atoms with Crippen LogP contribution in [0.15, 0.2) is 49.4 Å². The highest BCUT2D eigenvalue weighted by molar-refractivity contribution is 9.10. The molecule has 0 N–H and O–H groups in total. The highest BCUT2D eigenvalue weighted by atomic mass is 79.9. The largest absolute Gasteiger partial charge is 0.468 e. The molecule has 0 spiro atoms. The lowest BCUT2D eigenvalue weighted by Gasteiger charge is -2.29. The van der Waals surface area contributed by atoms with E-state index in [-0.39, 0.29) is 23.2 Å². The zero-order valence-electron chi connectivity index (χ0n) is 17.1. The second kappa shape index (κ2) is 9.56. The standard InChI is InChI=1S/C20H20BrN3O5S3/c1-29-17(25)12-24-15-7-6-14(21)10-16(15)31-20(24)22-19(26)13-4-2-8-23(11-13)32(27,28)18-5-3-9-30-18/h3,5-7,9-10,13H,2,4,8,11-12H2,1H3. The van der Waals surface area contributed by atoms with Gasteiger partial charge in [-0.15, -0.1) is 11.3 Å². The molecule has 3 heterocycles. The molecule has 1 atom stereocenters. The fourth-order valence-corrected chi connectivity index (χ4v) is 7.82. The third-order valence-electron chi connectivity index (χ3n) is 5.19. The van der Waals surface area contributed by atoms with Gasteiger partial charge < -0.3 is 9.30 Å². The van der Waals surface area contributed by atoms with Crippen LogP contribution < -0.4 is 4.80 Å². The maximum Gasteiger partial charge on any atom is 0.325 e. The van der Waals surface area contributed by atoms with Gasteiger partial charge in [0, 0.05) is 17.6 Å². The molecule has 1 aliphatic heterocycles. The number of piperidine rings is 1. The smallest absolute Gasteiger partial charge is 0.325 e. The second-order valence-corrected chi connectivity index (χ2v) is 12.3. The third kappa shape index (κ3) is 4.74. The van der Waals surface area contributed by atoms with Crippen molar-refractivity contribution in [3.8, 4) is 0 Å². The second-order valence-electron chi connectivity index (χ2n) is 7.24. The number of hydrogen-bond acceptors (Lipinski definition) is 7. The van der Waals surface area contributed by atoms with Gasteiger partial charge in [-0.3, -0.25) is 9.59 Å². The van der Waals surface area contributed by atoms with Crippen LogP contribution in [-0.4, -0.2) is 49.4 Å². The van der Waals surface area contributed by atoms with Crippen molar-refractivity contribution in [1.82, 2.24) is 8.87 Å². The number of methoxy groups -OCH3 is 1. The molecule has 32 heavy (non-hydrogen) atoms. The molecule has 1 unspecified atom stereocenters. The van der Waals surface area contributed by atoms with E-state index in [1.165, 1.54) is 22.8 Å². The fourth-order valence-electron chi connectivity index (χ4n) is 3.56. The molecule has 0 bridgehead atoms. The summed E-state index contributed by atoms with van der Waals surface area (Å²) in [5, 5.41) is 1.72. The van der Waals surface area contributed by atoms with E-state index in [1.807, 2.05) is 18.2 Å². The number of benzene rings is 1. The molecule has 0 saturated carbocycles. The number of esters is 1. The highest BCUT2D eigenvalue weighted by Crippen LogP contribution is 2.27. The number of hydrogen-bond donors (Lipinski definition) is 0. The minimum Gasteiger partial charge on any atom is -0.468 e. The van der Waals surface area contributed by atoms with Gasteiger partial charge in [-0.1, -0.05) is 33.3 Å². The van der Waals surface area contributed by atoms with Gasteiger partial charge in [-0.05, 0) is 42.5 Å². The summed E-state index contributed by atoms with van der Waals surface area (Å²) in [5.41, 5.74) is 0.765. The summed E-state index contributed by atoms with van der Waals surface area (Å²) >= 11 is 5.89. The van der Waals surface area contributed by atoms with Crippen LogP contribution in [0.4, 0.5) is 0 Å². The number of aromatic nitrogens is 1. The molecule has 8 nitrogen and oxygen atoms in total. The summed E-state index contributed by atoms with van der Waals surface area (Å²) in [7, 11) is -2.32. The SMILES string of the molecule is COC(=O)Cn1c(=NC(=O)C2CCCN(S(=O)(=O)c3cccs3)C2)sc2cc(Br)ccc21. The van der Waals surface area contributed by atoms with Crippen LogP contribution in [0.5, 0.6) is 0 Å². The van der Waals surface area contributed by atoms with Gasteiger partial charge in [0.25, 0.3) is 15.9 Å². The van der Waals surface area contributed by atoms with Gasteiger partial charge in [0.05, 0.1) is 23.2 Å². The van der Waals surface area contributed by atoms with E-state index in [0.29, 0.717) is 24.2 Å². The van der Waals surface area contributed by atoms with Crippen molar-refractivity contribution in [2.75, 3.05) is 20.2 Å². The number of thiazole rings is 1. The first-order valence-electron chi connectivity index (χ1n) is 9.77. The van der Waals surface area contributed by atoms with Gasteiger partial charge in [-0.25, -0.2) is 8.42 Å². The Kier molecular flexibility index (Phi) is 6.96. The average molecular weight is 559 g/mol. The number of rotatable bonds is 5. The number of carbonyl (C=O) groups is 2. The summed E-state index contributed by atoms with van der Waals surface area (Å²) in [6.45, 7) is 0.396. The highest BCUT2D eigenvalue weighted by Gasteiger charge is 2.33. The quantitative estimate of drug-likeness (QED) is 0.448. The van der Waals surface area contributed by atoms with Gasteiger partial charge in [0.1, 0.15) is 10.8 Å². The van der Waals surface area contributed by atoms with Crippen molar-refractivity contribution in [3.05, 3.63) is 45.0 Å². The van der Waals surface area contributed by atoms with Crippen LogP contribution in [0, 0.1) is 5.92 Å². The number of carbonyl (C=O) groups excluding carboxylic acids is 2. The normalized spacial score (nSPS) is 18.2. The number of nitrogens with zero attached hydrogens (tertiary/aromatic N) is 3. The van der Waals surface area contributed by atoms with Crippen LogP contribution in [0.1, 0.15) is 12.8 Å². The Morgan fingerprint density at radius 2 is 2.12 bits per heavy atom. The Morgan fingerprint density at radius 3 is 2.84 bits per heavy atom.